The first-order valence-corrected chi connectivity index (χ1v) is 5.04. The summed E-state index contributed by atoms with van der Waals surface area (Å²) in [6.07, 6.45) is 0. The van der Waals surface area contributed by atoms with Gasteiger partial charge in [-0.05, 0) is 31.7 Å². The predicted octanol–water partition coefficient (Wildman–Crippen LogP) is 1.02. The first-order valence-electron chi connectivity index (χ1n) is 5.04. The quantitative estimate of drug-likeness (QED) is 0.778. The number of ether oxygens (including phenoxy) is 2. The fraction of sp³-hybridized carbons (Fsp3) is 0.455. The standard InChI is InChI=1S/C11H16N2O2/c1-7(12)11(13-2)8-3-4-9-10(5-8)15-6-14-9/h3-5,7,11,13H,6,12H2,1-2H3. The third-order valence-corrected chi connectivity index (χ3v) is 2.59. The number of nitrogens with two attached hydrogens (primary N) is 1. The monoisotopic (exact) mass is 208 g/mol. The molecule has 0 aliphatic carbocycles. The maximum absolute atomic E-state index is 5.89. The van der Waals surface area contributed by atoms with Gasteiger partial charge in [-0.2, -0.15) is 0 Å². The molecular formula is C11H16N2O2. The fourth-order valence-electron chi connectivity index (χ4n) is 1.84. The van der Waals surface area contributed by atoms with Crippen LogP contribution in [0.3, 0.4) is 0 Å². The Hall–Kier alpha value is -1.26. The second kappa shape index (κ2) is 4.08. The van der Waals surface area contributed by atoms with E-state index in [4.69, 9.17) is 15.2 Å². The number of hydrogen-bond donors (Lipinski definition) is 2. The van der Waals surface area contributed by atoms with Gasteiger partial charge in [-0.15, -0.1) is 0 Å². The number of benzene rings is 1. The Labute approximate surface area is 89.4 Å². The second-order valence-electron chi connectivity index (χ2n) is 3.74. The minimum atomic E-state index is 0.0513. The van der Waals surface area contributed by atoms with Crippen molar-refractivity contribution < 1.29 is 9.47 Å². The Morgan fingerprint density at radius 3 is 2.73 bits per heavy atom. The van der Waals surface area contributed by atoms with Gasteiger partial charge in [0.25, 0.3) is 0 Å². The Morgan fingerprint density at radius 1 is 1.33 bits per heavy atom. The zero-order valence-corrected chi connectivity index (χ0v) is 8.99. The average molecular weight is 208 g/mol. The van der Waals surface area contributed by atoms with E-state index in [0.717, 1.165) is 17.1 Å². The molecule has 0 spiro atoms. The Morgan fingerprint density at radius 2 is 2.07 bits per heavy atom. The van der Waals surface area contributed by atoms with Crippen LogP contribution in [-0.4, -0.2) is 19.9 Å². The maximum Gasteiger partial charge on any atom is 0.231 e. The lowest BCUT2D eigenvalue weighted by Gasteiger charge is -2.20. The zero-order valence-electron chi connectivity index (χ0n) is 8.99. The van der Waals surface area contributed by atoms with Crippen LogP contribution in [0, 0.1) is 0 Å². The predicted molar refractivity (Wildman–Crippen MR) is 58.0 cm³/mol. The normalized spacial score (nSPS) is 17.5. The molecule has 2 atom stereocenters. The molecule has 15 heavy (non-hydrogen) atoms. The molecule has 0 bridgehead atoms. The maximum atomic E-state index is 5.89. The van der Waals surface area contributed by atoms with Crippen molar-refractivity contribution >= 4 is 0 Å². The number of fused-ring (bicyclic) bond motifs is 1. The van der Waals surface area contributed by atoms with Crippen molar-refractivity contribution in [2.75, 3.05) is 13.8 Å². The highest BCUT2D eigenvalue weighted by Gasteiger charge is 2.18. The molecule has 82 valence electrons. The van der Waals surface area contributed by atoms with E-state index < -0.39 is 0 Å². The fourth-order valence-corrected chi connectivity index (χ4v) is 1.84. The van der Waals surface area contributed by atoms with E-state index in [-0.39, 0.29) is 12.1 Å². The van der Waals surface area contributed by atoms with E-state index in [1.165, 1.54) is 0 Å². The van der Waals surface area contributed by atoms with Crippen LogP contribution in [-0.2, 0) is 0 Å². The van der Waals surface area contributed by atoms with Crippen LogP contribution in [0.15, 0.2) is 18.2 Å². The topological polar surface area (TPSA) is 56.5 Å². The second-order valence-corrected chi connectivity index (χ2v) is 3.74. The number of hydrogen-bond acceptors (Lipinski definition) is 4. The van der Waals surface area contributed by atoms with E-state index in [2.05, 4.69) is 5.32 Å². The molecule has 4 heteroatoms. The van der Waals surface area contributed by atoms with Gasteiger partial charge in [-0.3, -0.25) is 0 Å². The van der Waals surface area contributed by atoms with Crippen LogP contribution in [0.25, 0.3) is 0 Å². The third-order valence-electron chi connectivity index (χ3n) is 2.59. The van der Waals surface area contributed by atoms with Gasteiger partial charge >= 0.3 is 0 Å². The van der Waals surface area contributed by atoms with Crippen molar-refractivity contribution in [3.63, 3.8) is 0 Å². The Kier molecular flexibility index (Phi) is 2.79. The lowest BCUT2D eigenvalue weighted by atomic mass is 10.0. The van der Waals surface area contributed by atoms with Crippen molar-refractivity contribution in [1.29, 1.82) is 0 Å². The first kappa shape index (κ1) is 10.3. The summed E-state index contributed by atoms with van der Waals surface area (Å²) >= 11 is 0. The summed E-state index contributed by atoms with van der Waals surface area (Å²) in [5.41, 5.74) is 7.01. The summed E-state index contributed by atoms with van der Waals surface area (Å²) in [6.45, 7) is 2.28. The van der Waals surface area contributed by atoms with E-state index in [1.807, 2.05) is 32.2 Å². The summed E-state index contributed by atoms with van der Waals surface area (Å²) in [6, 6.07) is 6.10. The minimum absolute atomic E-state index is 0.0513. The SMILES string of the molecule is CNC(c1ccc2c(c1)OCO2)C(C)N. The molecule has 0 amide bonds. The van der Waals surface area contributed by atoms with Crippen LogP contribution in [0.2, 0.25) is 0 Å². The number of rotatable bonds is 3. The van der Waals surface area contributed by atoms with Crippen LogP contribution in [0.5, 0.6) is 11.5 Å². The molecule has 1 aromatic rings. The molecule has 0 saturated heterocycles. The van der Waals surface area contributed by atoms with Crippen molar-refractivity contribution in [2.45, 2.75) is 19.0 Å². The molecular weight excluding hydrogens is 192 g/mol. The summed E-state index contributed by atoms with van der Waals surface area (Å²) < 4.78 is 10.6. The van der Waals surface area contributed by atoms with Crippen LogP contribution in [0.1, 0.15) is 18.5 Å². The first-order chi connectivity index (χ1) is 7.22. The van der Waals surface area contributed by atoms with Gasteiger partial charge in [0, 0.05) is 12.1 Å². The van der Waals surface area contributed by atoms with Gasteiger partial charge in [0.1, 0.15) is 0 Å². The van der Waals surface area contributed by atoms with Crippen molar-refractivity contribution in [3.05, 3.63) is 23.8 Å². The van der Waals surface area contributed by atoms with Gasteiger partial charge in [0.05, 0.1) is 0 Å². The van der Waals surface area contributed by atoms with Crippen molar-refractivity contribution in [2.24, 2.45) is 5.73 Å². The summed E-state index contributed by atoms with van der Waals surface area (Å²) in [7, 11) is 1.90. The molecule has 0 aromatic heterocycles. The highest BCUT2D eigenvalue weighted by Crippen LogP contribution is 2.34. The van der Waals surface area contributed by atoms with Crippen LogP contribution < -0.4 is 20.5 Å². The van der Waals surface area contributed by atoms with E-state index in [1.54, 1.807) is 0 Å². The Bertz CT molecular complexity index is 352. The molecule has 3 N–H and O–H groups in total. The molecule has 1 aromatic carbocycles. The average Bonchev–Trinajstić information content (AvgIpc) is 2.65. The molecule has 4 nitrogen and oxygen atoms in total. The molecule has 0 saturated carbocycles. The summed E-state index contributed by atoms with van der Waals surface area (Å²) in [5.74, 6) is 1.60. The van der Waals surface area contributed by atoms with Crippen LogP contribution in [0.4, 0.5) is 0 Å². The van der Waals surface area contributed by atoms with E-state index >= 15 is 0 Å². The zero-order chi connectivity index (χ0) is 10.8. The van der Waals surface area contributed by atoms with Gasteiger partial charge in [0.15, 0.2) is 11.5 Å². The number of likely N-dealkylation sites (N-methyl/N-ethyl adjacent to an activating group) is 1. The van der Waals surface area contributed by atoms with Crippen molar-refractivity contribution in [3.8, 4) is 11.5 Å². The third kappa shape index (κ3) is 1.91. The smallest absolute Gasteiger partial charge is 0.231 e. The molecule has 0 fully saturated rings. The lowest BCUT2D eigenvalue weighted by Crippen LogP contribution is -2.33. The number of nitrogens with one attached hydrogen (secondary N) is 1. The molecule has 2 rings (SSSR count). The van der Waals surface area contributed by atoms with Gasteiger partial charge < -0.3 is 20.5 Å². The van der Waals surface area contributed by atoms with Gasteiger partial charge in [-0.1, -0.05) is 6.07 Å². The molecule has 0 radical (unpaired) electrons. The molecule has 1 aliphatic rings. The molecule has 1 aliphatic heterocycles. The van der Waals surface area contributed by atoms with Gasteiger partial charge in [-0.25, -0.2) is 0 Å². The highest BCUT2D eigenvalue weighted by atomic mass is 16.7. The molecule has 1 heterocycles. The minimum Gasteiger partial charge on any atom is -0.454 e. The Balaban J connectivity index is 2.28. The summed E-state index contributed by atoms with van der Waals surface area (Å²) in [4.78, 5) is 0. The largest absolute Gasteiger partial charge is 0.454 e. The lowest BCUT2D eigenvalue weighted by molar-refractivity contribution is 0.174. The van der Waals surface area contributed by atoms with E-state index in [9.17, 15) is 0 Å². The van der Waals surface area contributed by atoms with Crippen molar-refractivity contribution in [1.82, 2.24) is 5.32 Å². The summed E-state index contributed by atoms with van der Waals surface area (Å²) in [5, 5.41) is 3.19. The van der Waals surface area contributed by atoms with Gasteiger partial charge in [0.2, 0.25) is 6.79 Å². The van der Waals surface area contributed by atoms with Crippen LogP contribution >= 0.6 is 0 Å². The molecule has 2 unspecified atom stereocenters. The highest BCUT2D eigenvalue weighted by molar-refractivity contribution is 5.45. The van der Waals surface area contributed by atoms with E-state index in [0.29, 0.717) is 6.79 Å².